The summed E-state index contributed by atoms with van der Waals surface area (Å²) in [7, 11) is -3.53. The highest BCUT2D eigenvalue weighted by atomic mass is 32.2. The van der Waals surface area contributed by atoms with Gasteiger partial charge in [-0.2, -0.15) is 4.31 Å². The lowest BCUT2D eigenvalue weighted by Crippen LogP contribution is -2.41. The van der Waals surface area contributed by atoms with Crippen molar-refractivity contribution in [1.29, 1.82) is 0 Å². The van der Waals surface area contributed by atoms with Crippen LogP contribution in [0, 0.1) is 0 Å². The Balaban J connectivity index is 2.08. The van der Waals surface area contributed by atoms with Gasteiger partial charge >= 0.3 is 0 Å². The van der Waals surface area contributed by atoms with Gasteiger partial charge < -0.3 is 10.1 Å². The topological polar surface area (TPSA) is 71.5 Å². The number of rotatable bonds is 7. The molecule has 23 heavy (non-hydrogen) atoms. The van der Waals surface area contributed by atoms with Crippen LogP contribution < -0.4 is 5.32 Å². The quantitative estimate of drug-likeness (QED) is 0.825. The fourth-order valence-corrected chi connectivity index (χ4v) is 4.71. The number of ether oxygens (including phenoxy) is 1. The molecule has 2 rings (SSSR count). The third-order valence-corrected chi connectivity index (χ3v) is 6.10. The molecule has 0 bridgehead atoms. The van der Waals surface area contributed by atoms with E-state index in [0.717, 1.165) is 19.4 Å². The predicted molar refractivity (Wildman–Crippen MR) is 91.0 cm³/mol. The van der Waals surface area contributed by atoms with Crippen LogP contribution in [-0.2, 0) is 14.8 Å². The number of nitrogens with zero attached hydrogens (tertiary/aromatic N) is 2. The van der Waals surface area contributed by atoms with Crippen molar-refractivity contribution >= 4 is 15.8 Å². The summed E-state index contributed by atoms with van der Waals surface area (Å²) in [5.74, 6) is 0.667. The first-order chi connectivity index (χ1) is 10.8. The SMILES string of the molecule is CC(C)N(C(C)C)S(=O)(=O)c1ccc(NCC2CCCO2)nc1. The van der Waals surface area contributed by atoms with Crippen molar-refractivity contribution < 1.29 is 13.2 Å². The van der Waals surface area contributed by atoms with Gasteiger partial charge in [0.05, 0.1) is 6.10 Å². The molecule has 0 radical (unpaired) electrons. The van der Waals surface area contributed by atoms with Gasteiger partial charge in [-0.1, -0.05) is 0 Å². The van der Waals surface area contributed by atoms with Gasteiger partial charge in [-0.3, -0.25) is 0 Å². The summed E-state index contributed by atoms with van der Waals surface area (Å²) < 4.78 is 32.5. The van der Waals surface area contributed by atoms with E-state index in [1.165, 1.54) is 10.5 Å². The maximum atomic E-state index is 12.7. The number of aromatic nitrogens is 1. The lowest BCUT2D eigenvalue weighted by atomic mass is 10.2. The van der Waals surface area contributed by atoms with Crippen LogP contribution in [0.4, 0.5) is 5.82 Å². The summed E-state index contributed by atoms with van der Waals surface area (Å²) in [6.07, 6.45) is 3.79. The monoisotopic (exact) mass is 341 g/mol. The van der Waals surface area contributed by atoms with E-state index in [4.69, 9.17) is 4.74 Å². The van der Waals surface area contributed by atoms with Crippen molar-refractivity contribution in [3.8, 4) is 0 Å². The van der Waals surface area contributed by atoms with Gasteiger partial charge in [0.1, 0.15) is 10.7 Å². The van der Waals surface area contributed by atoms with Crippen molar-refractivity contribution in [2.24, 2.45) is 0 Å². The Morgan fingerprint density at radius 3 is 2.48 bits per heavy atom. The first-order valence-corrected chi connectivity index (χ1v) is 9.61. The Hall–Kier alpha value is -1.18. The molecule has 0 spiro atoms. The van der Waals surface area contributed by atoms with Crippen LogP contribution in [0.5, 0.6) is 0 Å². The van der Waals surface area contributed by atoms with E-state index in [2.05, 4.69) is 10.3 Å². The minimum absolute atomic E-state index is 0.0997. The summed E-state index contributed by atoms with van der Waals surface area (Å²) in [4.78, 5) is 4.46. The predicted octanol–water partition coefficient (Wildman–Crippen LogP) is 2.48. The number of pyridine rings is 1. The molecule has 1 aromatic heterocycles. The average Bonchev–Trinajstić information content (AvgIpc) is 2.97. The second-order valence-corrected chi connectivity index (χ2v) is 8.26. The van der Waals surface area contributed by atoms with E-state index in [-0.39, 0.29) is 23.1 Å². The van der Waals surface area contributed by atoms with E-state index < -0.39 is 10.0 Å². The molecule has 1 aliphatic rings. The van der Waals surface area contributed by atoms with Crippen molar-refractivity contribution in [1.82, 2.24) is 9.29 Å². The molecule has 1 atom stereocenters. The molecule has 0 aliphatic carbocycles. The molecule has 1 N–H and O–H groups in total. The van der Waals surface area contributed by atoms with Crippen molar-refractivity contribution in [3.05, 3.63) is 18.3 Å². The zero-order valence-corrected chi connectivity index (χ0v) is 15.1. The highest BCUT2D eigenvalue weighted by Crippen LogP contribution is 2.21. The molecular weight excluding hydrogens is 314 g/mol. The third-order valence-electron chi connectivity index (χ3n) is 3.86. The third kappa shape index (κ3) is 4.43. The normalized spacial score (nSPS) is 19.0. The smallest absolute Gasteiger partial charge is 0.245 e. The molecule has 1 unspecified atom stereocenters. The van der Waals surface area contributed by atoms with E-state index >= 15 is 0 Å². The van der Waals surface area contributed by atoms with Gasteiger partial charge in [-0.25, -0.2) is 13.4 Å². The highest BCUT2D eigenvalue weighted by Gasteiger charge is 2.29. The summed E-state index contributed by atoms with van der Waals surface area (Å²) >= 11 is 0. The second kappa shape index (κ2) is 7.59. The van der Waals surface area contributed by atoms with E-state index in [1.807, 2.05) is 27.7 Å². The lowest BCUT2D eigenvalue weighted by molar-refractivity contribution is 0.120. The van der Waals surface area contributed by atoms with Gasteiger partial charge in [-0.05, 0) is 52.7 Å². The van der Waals surface area contributed by atoms with Crippen LogP contribution in [0.25, 0.3) is 0 Å². The Morgan fingerprint density at radius 2 is 2.00 bits per heavy atom. The maximum Gasteiger partial charge on any atom is 0.245 e. The van der Waals surface area contributed by atoms with E-state index in [0.29, 0.717) is 12.4 Å². The standard InChI is InChI=1S/C16H27N3O3S/c1-12(2)19(13(3)4)23(20,21)15-7-8-16(18-11-15)17-10-14-6-5-9-22-14/h7-8,11-14H,5-6,9-10H2,1-4H3,(H,17,18). The number of hydrogen-bond acceptors (Lipinski definition) is 5. The lowest BCUT2D eigenvalue weighted by Gasteiger charge is -2.29. The Bertz CT molecular complexity index is 586. The summed E-state index contributed by atoms with van der Waals surface area (Å²) in [6, 6.07) is 3.12. The molecule has 0 aromatic carbocycles. The largest absolute Gasteiger partial charge is 0.376 e. The zero-order chi connectivity index (χ0) is 17.0. The first-order valence-electron chi connectivity index (χ1n) is 8.17. The molecule has 2 heterocycles. The van der Waals surface area contributed by atoms with Crippen LogP contribution in [0.15, 0.2) is 23.2 Å². The van der Waals surface area contributed by atoms with Gasteiger partial charge in [-0.15, -0.1) is 0 Å². The molecule has 1 aromatic rings. The Labute approximate surface area is 139 Å². The molecular formula is C16H27N3O3S. The van der Waals surface area contributed by atoms with Gasteiger partial charge in [0.15, 0.2) is 0 Å². The van der Waals surface area contributed by atoms with E-state index in [9.17, 15) is 8.42 Å². The van der Waals surface area contributed by atoms with Crippen LogP contribution in [-0.4, -0.2) is 49.0 Å². The molecule has 130 valence electrons. The molecule has 0 amide bonds. The first kappa shape index (κ1) is 18.2. The number of hydrogen-bond donors (Lipinski definition) is 1. The molecule has 7 heteroatoms. The minimum atomic E-state index is -3.53. The maximum absolute atomic E-state index is 12.7. The van der Waals surface area contributed by atoms with Crippen molar-refractivity contribution in [3.63, 3.8) is 0 Å². The van der Waals surface area contributed by atoms with Gasteiger partial charge in [0.2, 0.25) is 10.0 Å². The van der Waals surface area contributed by atoms with Gasteiger partial charge in [0.25, 0.3) is 0 Å². The molecule has 1 fully saturated rings. The van der Waals surface area contributed by atoms with E-state index in [1.54, 1.807) is 12.1 Å². The summed E-state index contributed by atoms with van der Waals surface area (Å²) in [6.45, 7) is 9.02. The van der Waals surface area contributed by atoms with Crippen LogP contribution in [0.3, 0.4) is 0 Å². The molecule has 0 saturated carbocycles. The Morgan fingerprint density at radius 1 is 1.30 bits per heavy atom. The Kier molecular flexibility index (Phi) is 6.00. The fourth-order valence-electron chi connectivity index (χ4n) is 2.93. The fraction of sp³-hybridized carbons (Fsp3) is 0.688. The van der Waals surface area contributed by atoms with Crippen LogP contribution >= 0.6 is 0 Å². The van der Waals surface area contributed by atoms with Crippen LogP contribution in [0.1, 0.15) is 40.5 Å². The number of sulfonamides is 1. The number of nitrogens with one attached hydrogen (secondary N) is 1. The molecule has 1 aliphatic heterocycles. The minimum Gasteiger partial charge on any atom is -0.376 e. The van der Waals surface area contributed by atoms with Crippen molar-refractivity contribution in [2.45, 2.75) is 63.6 Å². The van der Waals surface area contributed by atoms with Crippen molar-refractivity contribution in [2.75, 3.05) is 18.5 Å². The van der Waals surface area contributed by atoms with Crippen LogP contribution in [0.2, 0.25) is 0 Å². The summed E-state index contributed by atoms with van der Waals surface area (Å²) in [5.41, 5.74) is 0. The average molecular weight is 341 g/mol. The zero-order valence-electron chi connectivity index (χ0n) is 14.3. The summed E-state index contributed by atoms with van der Waals surface area (Å²) in [5, 5.41) is 3.20. The second-order valence-electron chi connectivity index (χ2n) is 6.42. The highest BCUT2D eigenvalue weighted by molar-refractivity contribution is 7.89. The molecule has 6 nitrogen and oxygen atoms in total. The number of anilines is 1. The van der Waals surface area contributed by atoms with Gasteiger partial charge in [0, 0.05) is 31.4 Å². The molecule has 1 saturated heterocycles.